The standard InChI is InChI=1S/C15H17N3O2S/c1-2-13-14(20-8-7-19-13)9-11(1)12-10-21-15(17-12)18-5-3-16-4-6-18/h1-2,9-10,16H,3-8H2. The number of ether oxygens (including phenoxy) is 2. The van der Waals surface area contributed by atoms with Gasteiger partial charge in [0.15, 0.2) is 16.6 Å². The molecule has 3 heterocycles. The van der Waals surface area contributed by atoms with Crippen molar-refractivity contribution >= 4 is 16.5 Å². The van der Waals surface area contributed by atoms with E-state index in [1.807, 2.05) is 18.2 Å². The first-order valence-electron chi connectivity index (χ1n) is 7.21. The van der Waals surface area contributed by atoms with Crippen molar-refractivity contribution in [3.05, 3.63) is 23.6 Å². The molecular formula is C15H17N3O2S. The predicted molar refractivity (Wildman–Crippen MR) is 83.6 cm³/mol. The second-order valence-electron chi connectivity index (χ2n) is 5.11. The third-order valence-corrected chi connectivity index (χ3v) is 4.62. The average Bonchev–Trinajstić information content (AvgIpc) is 3.05. The van der Waals surface area contributed by atoms with Gasteiger partial charge >= 0.3 is 0 Å². The molecule has 1 aromatic heterocycles. The second kappa shape index (κ2) is 5.54. The summed E-state index contributed by atoms with van der Waals surface area (Å²) in [6.07, 6.45) is 0. The molecule has 0 amide bonds. The van der Waals surface area contributed by atoms with Gasteiger partial charge < -0.3 is 19.7 Å². The van der Waals surface area contributed by atoms with E-state index < -0.39 is 0 Å². The molecule has 1 fully saturated rings. The van der Waals surface area contributed by atoms with Crippen molar-refractivity contribution in [3.63, 3.8) is 0 Å². The van der Waals surface area contributed by atoms with Crippen LogP contribution in [0.25, 0.3) is 11.3 Å². The van der Waals surface area contributed by atoms with Crippen LogP contribution < -0.4 is 19.7 Å². The van der Waals surface area contributed by atoms with Crippen molar-refractivity contribution in [1.29, 1.82) is 0 Å². The van der Waals surface area contributed by atoms with Gasteiger partial charge in [-0.25, -0.2) is 4.98 Å². The first-order valence-corrected chi connectivity index (χ1v) is 8.09. The number of thiazole rings is 1. The maximum absolute atomic E-state index is 5.64. The zero-order chi connectivity index (χ0) is 14.1. The Morgan fingerprint density at radius 1 is 1.10 bits per heavy atom. The van der Waals surface area contributed by atoms with Crippen LogP contribution in [0, 0.1) is 0 Å². The van der Waals surface area contributed by atoms with E-state index in [1.165, 1.54) is 0 Å². The number of rotatable bonds is 2. The Labute approximate surface area is 127 Å². The van der Waals surface area contributed by atoms with E-state index in [0.717, 1.165) is 54.1 Å². The van der Waals surface area contributed by atoms with Gasteiger partial charge in [-0.05, 0) is 18.2 Å². The molecule has 0 unspecified atom stereocenters. The number of anilines is 1. The molecule has 0 saturated carbocycles. The predicted octanol–water partition coefficient (Wildman–Crippen LogP) is 1.99. The van der Waals surface area contributed by atoms with Gasteiger partial charge in [-0.15, -0.1) is 11.3 Å². The molecule has 1 aromatic carbocycles. The van der Waals surface area contributed by atoms with Crippen LogP contribution in [0.5, 0.6) is 11.5 Å². The molecule has 0 aliphatic carbocycles. The van der Waals surface area contributed by atoms with E-state index in [-0.39, 0.29) is 0 Å². The minimum atomic E-state index is 0.611. The summed E-state index contributed by atoms with van der Waals surface area (Å²) in [7, 11) is 0. The SMILES string of the molecule is c1cc2c(cc1-c1csc(N3CCNCC3)n1)OCCO2. The lowest BCUT2D eigenvalue weighted by Crippen LogP contribution is -2.43. The zero-order valence-electron chi connectivity index (χ0n) is 11.7. The van der Waals surface area contributed by atoms with Crippen LogP contribution in [-0.4, -0.2) is 44.4 Å². The molecule has 110 valence electrons. The lowest BCUT2D eigenvalue weighted by molar-refractivity contribution is 0.171. The van der Waals surface area contributed by atoms with Gasteiger partial charge in [0.25, 0.3) is 0 Å². The van der Waals surface area contributed by atoms with Crippen LogP contribution in [-0.2, 0) is 0 Å². The Kier molecular flexibility index (Phi) is 3.40. The van der Waals surface area contributed by atoms with Gasteiger partial charge in [0.2, 0.25) is 0 Å². The van der Waals surface area contributed by atoms with Crippen molar-refractivity contribution in [1.82, 2.24) is 10.3 Å². The Morgan fingerprint density at radius 2 is 1.90 bits per heavy atom. The second-order valence-corrected chi connectivity index (χ2v) is 5.95. The first kappa shape index (κ1) is 12.9. The van der Waals surface area contributed by atoms with Gasteiger partial charge in [0.05, 0.1) is 5.69 Å². The van der Waals surface area contributed by atoms with Crippen LogP contribution in [0.15, 0.2) is 23.6 Å². The third-order valence-electron chi connectivity index (χ3n) is 3.72. The van der Waals surface area contributed by atoms with Gasteiger partial charge in [-0.3, -0.25) is 0 Å². The Hall–Kier alpha value is -1.79. The van der Waals surface area contributed by atoms with Crippen LogP contribution in [0.1, 0.15) is 0 Å². The van der Waals surface area contributed by atoms with E-state index in [2.05, 4.69) is 15.6 Å². The molecule has 4 rings (SSSR count). The number of hydrogen-bond acceptors (Lipinski definition) is 6. The molecular weight excluding hydrogens is 286 g/mol. The zero-order valence-corrected chi connectivity index (χ0v) is 12.5. The number of aromatic nitrogens is 1. The summed E-state index contributed by atoms with van der Waals surface area (Å²) in [5.74, 6) is 1.64. The van der Waals surface area contributed by atoms with Gasteiger partial charge in [-0.1, -0.05) is 0 Å². The Bertz CT molecular complexity index is 638. The van der Waals surface area contributed by atoms with Gasteiger partial charge in [0.1, 0.15) is 13.2 Å². The van der Waals surface area contributed by atoms with E-state index in [9.17, 15) is 0 Å². The number of fused-ring (bicyclic) bond motifs is 1. The summed E-state index contributed by atoms with van der Waals surface area (Å²) in [6, 6.07) is 6.03. The smallest absolute Gasteiger partial charge is 0.185 e. The van der Waals surface area contributed by atoms with Crippen LogP contribution in [0.2, 0.25) is 0 Å². The summed E-state index contributed by atoms with van der Waals surface area (Å²) in [5, 5.41) is 6.57. The largest absolute Gasteiger partial charge is 0.486 e. The van der Waals surface area contributed by atoms with Crippen molar-refractivity contribution in [2.45, 2.75) is 0 Å². The molecule has 21 heavy (non-hydrogen) atoms. The molecule has 0 atom stereocenters. The molecule has 2 aromatic rings. The Balaban J connectivity index is 1.60. The summed E-state index contributed by atoms with van der Waals surface area (Å²) < 4.78 is 11.2. The van der Waals surface area contributed by atoms with Crippen molar-refractivity contribution in [2.24, 2.45) is 0 Å². The van der Waals surface area contributed by atoms with Crippen LogP contribution in [0.4, 0.5) is 5.13 Å². The molecule has 5 nitrogen and oxygen atoms in total. The van der Waals surface area contributed by atoms with Crippen LogP contribution in [0.3, 0.4) is 0 Å². The third kappa shape index (κ3) is 2.56. The molecule has 0 spiro atoms. The molecule has 1 saturated heterocycles. The fraction of sp³-hybridized carbons (Fsp3) is 0.400. The average molecular weight is 303 g/mol. The number of hydrogen-bond donors (Lipinski definition) is 1. The summed E-state index contributed by atoms with van der Waals surface area (Å²) in [5.41, 5.74) is 2.09. The van der Waals surface area contributed by atoms with E-state index in [0.29, 0.717) is 13.2 Å². The number of nitrogens with one attached hydrogen (secondary N) is 1. The van der Waals surface area contributed by atoms with E-state index in [1.54, 1.807) is 11.3 Å². The lowest BCUT2D eigenvalue weighted by Gasteiger charge is -2.26. The fourth-order valence-corrected chi connectivity index (χ4v) is 3.49. The minimum absolute atomic E-state index is 0.611. The molecule has 6 heteroatoms. The molecule has 0 bridgehead atoms. The van der Waals surface area contributed by atoms with Gasteiger partial charge in [-0.2, -0.15) is 0 Å². The summed E-state index contributed by atoms with van der Waals surface area (Å²) in [6.45, 7) is 5.33. The van der Waals surface area contributed by atoms with Gasteiger partial charge in [0, 0.05) is 37.1 Å². The number of piperazine rings is 1. The van der Waals surface area contributed by atoms with Crippen molar-refractivity contribution in [2.75, 3.05) is 44.3 Å². The highest BCUT2D eigenvalue weighted by atomic mass is 32.1. The van der Waals surface area contributed by atoms with Crippen molar-refractivity contribution < 1.29 is 9.47 Å². The first-order chi connectivity index (χ1) is 10.4. The maximum Gasteiger partial charge on any atom is 0.185 e. The maximum atomic E-state index is 5.64. The summed E-state index contributed by atoms with van der Waals surface area (Å²) >= 11 is 1.70. The Morgan fingerprint density at radius 3 is 2.76 bits per heavy atom. The molecule has 0 radical (unpaired) electrons. The number of benzene rings is 1. The fourth-order valence-electron chi connectivity index (χ4n) is 2.60. The van der Waals surface area contributed by atoms with Crippen molar-refractivity contribution in [3.8, 4) is 22.8 Å². The quantitative estimate of drug-likeness (QED) is 0.919. The van der Waals surface area contributed by atoms with E-state index >= 15 is 0 Å². The van der Waals surface area contributed by atoms with E-state index in [4.69, 9.17) is 14.5 Å². The molecule has 1 N–H and O–H groups in total. The highest BCUT2D eigenvalue weighted by Crippen LogP contribution is 2.35. The summed E-state index contributed by atoms with van der Waals surface area (Å²) in [4.78, 5) is 7.11. The van der Waals surface area contributed by atoms with Crippen LogP contribution >= 0.6 is 11.3 Å². The normalized spacial score (nSPS) is 17.8. The monoisotopic (exact) mass is 303 g/mol. The highest BCUT2D eigenvalue weighted by molar-refractivity contribution is 7.14. The minimum Gasteiger partial charge on any atom is -0.486 e. The topological polar surface area (TPSA) is 46.6 Å². The molecule has 2 aliphatic heterocycles. The highest BCUT2D eigenvalue weighted by Gasteiger charge is 2.16. The molecule has 2 aliphatic rings. The lowest BCUT2D eigenvalue weighted by atomic mass is 10.1. The number of nitrogens with zero attached hydrogens (tertiary/aromatic N) is 2.